The first-order chi connectivity index (χ1) is 12.0. The Morgan fingerprint density at radius 3 is 2.48 bits per heavy atom. The molecule has 0 radical (unpaired) electrons. The van der Waals surface area contributed by atoms with E-state index in [0.29, 0.717) is 17.3 Å². The number of Topliss-reactive ketones (excluding diaryl/α,β-unsaturated/α-hetero) is 1. The summed E-state index contributed by atoms with van der Waals surface area (Å²) in [6.07, 6.45) is 0. The minimum Gasteiger partial charge on any atom is -0.340 e. The third kappa shape index (κ3) is 4.20. The number of ketones is 1. The first-order valence-corrected chi connectivity index (χ1v) is 8.07. The van der Waals surface area contributed by atoms with Gasteiger partial charge in [0.1, 0.15) is 5.82 Å². The number of nitrogens with zero attached hydrogens (tertiary/aromatic N) is 2. The first kappa shape index (κ1) is 16.6. The van der Waals surface area contributed by atoms with Gasteiger partial charge in [0.25, 0.3) is 0 Å². The van der Waals surface area contributed by atoms with Gasteiger partial charge in [-0.15, -0.1) is 0 Å². The average molecular weight is 332 g/mol. The summed E-state index contributed by atoms with van der Waals surface area (Å²) in [5.74, 6) is 1.22. The fraction of sp³-hybridized carbons (Fsp3) is 0.150. The van der Waals surface area contributed by atoms with Gasteiger partial charge in [-0.05, 0) is 44.5 Å². The van der Waals surface area contributed by atoms with E-state index in [1.165, 1.54) is 0 Å². The summed E-state index contributed by atoms with van der Waals surface area (Å²) in [6, 6.07) is 17.2. The molecule has 1 heterocycles. The van der Waals surface area contributed by atoms with Crippen LogP contribution in [0.3, 0.4) is 0 Å². The summed E-state index contributed by atoms with van der Waals surface area (Å²) in [5, 5.41) is 6.49. The molecule has 1 aromatic heterocycles. The van der Waals surface area contributed by atoms with Crippen LogP contribution in [0.1, 0.15) is 28.5 Å². The normalized spacial score (nSPS) is 10.4. The van der Waals surface area contributed by atoms with Crippen LogP contribution in [0.2, 0.25) is 0 Å². The van der Waals surface area contributed by atoms with Crippen molar-refractivity contribution >= 4 is 28.9 Å². The fourth-order valence-corrected chi connectivity index (χ4v) is 2.48. The predicted octanol–water partition coefficient (Wildman–Crippen LogP) is 4.78. The van der Waals surface area contributed by atoms with Gasteiger partial charge in [0.05, 0.1) is 0 Å². The Kier molecular flexibility index (Phi) is 4.75. The molecule has 3 aromatic rings. The van der Waals surface area contributed by atoms with Crippen molar-refractivity contribution in [2.45, 2.75) is 20.8 Å². The molecular weight excluding hydrogens is 312 g/mol. The number of hydrogen-bond acceptors (Lipinski definition) is 5. The third-order valence-electron chi connectivity index (χ3n) is 3.79. The van der Waals surface area contributed by atoms with E-state index in [-0.39, 0.29) is 5.78 Å². The Hall–Kier alpha value is -3.21. The molecule has 0 spiro atoms. The summed E-state index contributed by atoms with van der Waals surface area (Å²) >= 11 is 0. The molecule has 0 atom stereocenters. The summed E-state index contributed by atoms with van der Waals surface area (Å²) < 4.78 is 0. The van der Waals surface area contributed by atoms with Crippen LogP contribution in [-0.4, -0.2) is 15.8 Å². The first-order valence-electron chi connectivity index (χ1n) is 8.07. The maximum Gasteiger partial charge on any atom is 0.229 e. The number of rotatable bonds is 5. The zero-order chi connectivity index (χ0) is 17.8. The highest BCUT2D eigenvalue weighted by molar-refractivity contribution is 5.95. The smallest absolute Gasteiger partial charge is 0.229 e. The quantitative estimate of drug-likeness (QED) is 0.658. The highest BCUT2D eigenvalue weighted by Gasteiger charge is 2.06. The van der Waals surface area contributed by atoms with Crippen molar-refractivity contribution in [3.05, 3.63) is 71.4 Å². The van der Waals surface area contributed by atoms with Gasteiger partial charge in [-0.2, -0.15) is 4.98 Å². The number of para-hydroxylation sites is 1. The maximum absolute atomic E-state index is 11.5. The number of aryl methyl sites for hydroxylation is 2. The van der Waals surface area contributed by atoms with Crippen molar-refractivity contribution in [1.82, 2.24) is 9.97 Å². The fourth-order valence-electron chi connectivity index (χ4n) is 2.48. The molecule has 5 nitrogen and oxygen atoms in total. The molecule has 0 aliphatic heterocycles. The van der Waals surface area contributed by atoms with Crippen molar-refractivity contribution in [3.63, 3.8) is 0 Å². The van der Waals surface area contributed by atoms with Crippen molar-refractivity contribution in [1.29, 1.82) is 0 Å². The van der Waals surface area contributed by atoms with Crippen LogP contribution >= 0.6 is 0 Å². The number of benzene rings is 2. The van der Waals surface area contributed by atoms with Crippen LogP contribution in [-0.2, 0) is 0 Å². The molecular formula is C20H20N4O. The van der Waals surface area contributed by atoms with Gasteiger partial charge >= 0.3 is 0 Å². The van der Waals surface area contributed by atoms with E-state index in [1.807, 2.05) is 56.3 Å². The van der Waals surface area contributed by atoms with Crippen molar-refractivity contribution in [2.75, 3.05) is 10.6 Å². The molecule has 0 aliphatic carbocycles. The second-order valence-electron chi connectivity index (χ2n) is 5.92. The van der Waals surface area contributed by atoms with E-state index in [4.69, 9.17) is 0 Å². The average Bonchev–Trinajstić information content (AvgIpc) is 2.57. The van der Waals surface area contributed by atoms with Crippen LogP contribution in [0.5, 0.6) is 0 Å². The topological polar surface area (TPSA) is 66.9 Å². The summed E-state index contributed by atoms with van der Waals surface area (Å²) in [7, 11) is 0. The molecule has 25 heavy (non-hydrogen) atoms. The van der Waals surface area contributed by atoms with Crippen molar-refractivity contribution < 1.29 is 4.79 Å². The van der Waals surface area contributed by atoms with Crippen LogP contribution in [0.15, 0.2) is 54.6 Å². The molecule has 2 aromatic carbocycles. The molecule has 126 valence electrons. The molecule has 0 amide bonds. The monoisotopic (exact) mass is 332 g/mol. The Labute approximate surface area is 147 Å². The second-order valence-corrected chi connectivity index (χ2v) is 5.92. The van der Waals surface area contributed by atoms with E-state index < -0.39 is 0 Å². The van der Waals surface area contributed by atoms with Gasteiger partial charge in [0.15, 0.2) is 5.78 Å². The lowest BCUT2D eigenvalue weighted by atomic mass is 10.1. The van der Waals surface area contributed by atoms with E-state index in [1.54, 1.807) is 19.1 Å². The van der Waals surface area contributed by atoms with Gasteiger partial charge in [-0.1, -0.05) is 30.3 Å². The van der Waals surface area contributed by atoms with Crippen LogP contribution in [0.4, 0.5) is 23.1 Å². The summed E-state index contributed by atoms with van der Waals surface area (Å²) in [6.45, 7) is 5.51. The maximum atomic E-state index is 11.5. The summed E-state index contributed by atoms with van der Waals surface area (Å²) in [5.41, 5.74) is 4.42. The molecule has 0 fully saturated rings. The minimum absolute atomic E-state index is 0.0238. The third-order valence-corrected chi connectivity index (χ3v) is 3.79. The largest absolute Gasteiger partial charge is 0.340 e. The molecule has 2 N–H and O–H groups in total. The van der Waals surface area contributed by atoms with Crippen molar-refractivity contribution in [2.24, 2.45) is 0 Å². The molecule has 0 unspecified atom stereocenters. The van der Waals surface area contributed by atoms with Crippen molar-refractivity contribution in [3.8, 4) is 0 Å². The van der Waals surface area contributed by atoms with Gasteiger partial charge in [-0.25, -0.2) is 4.98 Å². The highest BCUT2D eigenvalue weighted by Crippen LogP contribution is 2.21. The minimum atomic E-state index is 0.0238. The Balaban J connectivity index is 1.86. The lowest BCUT2D eigenvalue weighted by Crippen LogP contribution is -2.03. The number of aromatic nitrogens is 2. The van der Waals surface area contributed by atoms with E-state index >= 15 is 0 Å². The zero-order valence-corrected chi connectivity index (χ0v) is 14.5. The lowest BCUT2D eigenvalue weighted by Gasteiger charge is -2.12. The van der Waals surface area contributed by atoms with Gasteiger partial charge in [0.2, 0.25) is 5.95 Å². The number of carbonyl (C=O) groups excluding carboxylic acids is 1. The number of hydrogen-bond donors (Lipinski definition) is 2. The number of nitrogens with one attached hydrogen (secondary N) is 2. The standard InChI is InChI=1S/C20H20N4O/c1-13-7-4-5-10-18(13)23-19-11-14(2)21-20(24-19)22-17-9-6-8-16(12-17)15(3)25/h4-12H,1-3H3,(H2,21,22,23,24). The molecule has 0 saturated carbocycles. The van der Waals surface area contributed by atoms with Gasteiger partial charge < -0.3 is 10.6 Å². The second kappa shape index (κ2) is 7.13. The van der Waals surface area contributed by atoms with E-state index in [9.17, 15) is 4.79 Å². The Morgan fingerprint density at radius 2 is 1.72 bits per heavy atom. The van der Waals surface area contributed by atoms with Gasteiger partial charge in [0, 0.05) is 28.7 Å². The SMILES string of the molecule is CC(=O)c1cccc(Nc2nc(C)cc(Nc3ccccc3C)n2)c1. The highest BCUT2D eigenvalue weighted by atomic mass is 16.1. The van der Waals surface area contributed by atoms with Crippen LogP contribution < -0.4 is 10.6 Å². The predicted molar refractivity (Wildman–Crippen MR) is 101 cm³/mol. The number of carbonyl (C=O) groups is 1. The molecule has 5 heteroatoms. The van der Waals surface area contributed by atoms with E-state index in [0.717, 1.165) is 22.6 Å². The lowest BCUT2D eigenvalue weighted by molar-refractivity contribution is 0.101. The van der Waals surface area contributed by atoms with E-state index in [2.05, 4.69) is 20.6 Å². The van der Waals surface area contributed by atoms with Crippen LogP contribution in [0, 0.1) is 13.8 Å². The zero-order valence-electron chi connectivity index (χ0n) is 14.5. The van der Waals surface area contributed by atoms with Crippen LogP contribution in [0.25, 0.3) is 0 Å². The summed E-state index contributed by atoms with van der Waals surface area (Å²) in [4.78, 5) is 20.5. The van der Waals surface area contributed by atoms with Gasteiger partial charge in [-0.3, -0.25) is 4.79 Å². The molecule has 0 saturated heterocycles. The number of anilines is 4. The molecule has 3 rings (SSSR count). The molecule has 0 bridgehead atoms. The molecule has 0 aliphatic rings. The Bertz CT molecular complexity index is 921. The Morgan fingerprint density at radius 1 is 0.920 bits per heavy atom.